The summed E-state index contributed by atoms with van der Waals surface area (Å²) in [4.78, 5) is 26.7. The van der Waals surface area contributed by atoms with Gasteiger partial charge >= 0.3 is 0 Å². The molecule has 0 saturated carbocycles. The SMILES string of the molecule is O=CC(=Cc1ccccc1)NC(=O)c1ccncc1. The lowest BCUT2D eigenvalue weighted by Gasteiger charge is -2.04. The van der Waals surface area contributed by atoms with E-state index in [9.17, 15) is 9.59 Å². The van der Waals surface area contributed by atoms with Gasteiger partial charge in [0.25, 0.3) is 5.91 Å². The third-order valence-corrected chi connectivity index (χ3v) is 2.45. The van der Waals surface area contributed by atoms with Crippen LogP contribution < -0.4 is 5.32 Å². The van der Waals surface area contributed by atoms with E-state index in [1.165, 1.54) is 12.4 Å². The molecule has 0 aliphatic rings. The predicted molar refractivity (Wildman–Crippen MR) is 72.2 cm³/mol. The van der Waals surface area contributed by atoms with Gasteiger partial charge in [-0.15, -0.1) is 0 Å². The van der Waals surface area contributed by atoms with E-state index in [-0.39, 0.29) is 11.6 Å². The third kappa shape index (κ3) is 3.61. The largest absolute Gasteiger partial charge is 0.319 e. The number of hydrogen-bond donors (Lipinski definition) is 1. The second kappa shape index (κ2) is 6.26. The fourth-order valence-electron chi connectivity index (χ4n) is 1.53. The number of pyridine rings is 1. The molecule has 1 amide bonds. The van der Waals surface area contributed by atoms with Gasteiger partial charge in [-0.3, -0.25) is 14.6 Å². The third-order valence-electron chi connectivity index (χ3n) is 2.45. The Labute approximate surface area is 110 Å². The number of allylic oxidation sites excluding steroid dienone is 1. The van der Waals surface area contributed by atoms with E-state index in [0.29, 0.717) is 11.8 Å². The second-order valence-electron chi connectivity index (χ2n) is 3.82. The Bertz CT molecular complexity index is 592. The smallest absolute Gasteiger partial charge is 0.255 e. The Morgan fingerprint density at radius 3 is 2.37 bits per heavy atom. The second-order valence-corrected chi connectivity index (χ2v) is 3.82. The van der Waals surface area contributed by atoms with E-state index >= 15 is 0 Å². The van der Waals surface area contributed by atoms with Gasteiger partial charge in [-0.2, -0.15) is 0 Å². The summed E-state index contributed by atoms with van der Waals surface area (Å²) in [5.74, 6) is -0.336. The van der Waals surface area contributed by atoms with Crippen molar-refractivity contribution in [2.24, 2.45) is 0 Å². The molecule has 1 heterocycles. The van der Waals surface area contributed by atoms with E-state index < -0.39 is 0 Å². The van der Waals surface area contributed by atoms with E-state index in [1.807, 2.05) is 30.3 Å². The molecule has 19 heavy (non-hydrogen) atoms. The number of benzene rings is 1. The summed E-state index contributed by atoms with van der Waals surface area (Å²) in [5.41, 5.74) is 1.52. The van der Waals surface area contributed by atoms with Crippen LogP contribution >= 0.6 is 0 Å². The molecule has 0 aliphatic heterocycles. The van der Waals surface area contributed by atoms with Crippen molar-refractivity contribution in [3.8, 4) is 0 Å². The minimum atomic E-state index is -0.336. The summed E-state index contributed by atoms with van der Waals surface area (Å²) in [6.07, 6.45) is 5.28. The number of amides is 1. The lowest BCUT2D eigenvalue weighted by atomic mass is 10.2. The molecule has 0 radical (unpaired) electrons. The number of aldehydes is 1. The Balaban J connectivity index is 2.14. The van der Waals surface area contributed by atoms with E-state index in [2.05, 4.69) is 10.3 Å². The number of nitrogens with zero attached hydrogens (tertiary/aromatic N) is 1. The van der Waals surface area contributed by atoms with Crippen LogP contribution in [0, 0.1) is 0 Å². The number of carbonyl (C=O) groups excluding carboxylic acids is 2. The highest BCUT2D eigenvalue weighted by atomic mass is 16.2. The first-order valence-electron chi connectivity index (χ1n) is 5.73. The molecule has 4 nitrogen and oxygen atoms in total. The van der Waals surface area contributed by atoms with Crippen molar-refractivity contribution >= 4 is 18.3 Å². The molecule has 2 rings (SSSR count). The maximum atomic E-state index is 11.9. The van der Waals surface area contributed by atoms with Crippen molar-refractivity contribution in [2.75, 3.05) is 0 Å². The first kappa shape index (κ1) is 12.7. The molecule has 0 spiro atoms. The van der Waals surface area contributed by atoms with E-state index in [1.54, 1.807) is 18.2 Å². The van der Waals surface area contributed by atoms with Crippen molar-refractivity contribution in [3.63, 3.8) is 0 Å². The van der Waals surface area contributed by atoms with Gasteiger partial charge < -0.3 is 5.32 Å². The molecule has 0 fully saturated rings. The van der Waals surface area contributed by atoms with Gasteiger partial charge in [-0.25, -0.2) is 0 Å². The molecular weight excluding hydrogens is 240 g/mol. The molecule has 1 aromatic heterocycles. The van der Waals surface area contributed by atoms with Gasteiger partial charge in [0.05, 0.1) is 5.70 Å². The Morgan fingerprint density at radius 1 is 1.05 bits per heavy atom. The van der Waals surface area contributed by atoms with Crippen LogP contribution in [0.5, 0.6) is 0 Å². The molecule has 1 aromatic carbocycles. The van der Waals surface area contributed by atoms with Crippen molar-refractivity contribution in [3.05, 3.63) is 71.7 Å². The summed E-state index contributed by atoms with van der Waals surface area (Å²) >= 11 is 0. The molecule has 0 unspecified atom stereocenters. The highest BCUT2D eigenvalue weighted by Crippen LogP contribution is 2.04. The molecule has 0 aliphatic carbocycles. The summed E-state index contributed by atoms with van der Waals surface area (Å²) in [6.45, 7) is 0. The first-order chi connectivity index (χ1) is 9.29. The average molecular weight is 252 g/mol. The quantitative estimate of drug-likeness (QED) is 0.669. The Morgan fingerprint density at radius 2 is 1.74 bits per heavy atom. The predicted octanol–water partition coefficient (Wildman–Crippen LogP) is 2.05. The summed E-state index contributed by atoms with van der Waals surface area (Å²) in [7, 11) is 0. The van der Waals surface area contributed by atoms with Crippen LogP contribution in [0.25, 0.3) is 6.08 Å². The fraction of sp³-hybridized carbons (Fsp3) is 0. The number of hydrogen-bond acceptors (Lipinski definition) is 3. The van der Waals surface area contributed by atoms with Gasteiger partial charge in [0.1, 0.15) is 0 Å². The van der Waals surface area contributed by atoms with Crippen molar-refractivity contribution in [2.45, 2.75) is 0 Å². The van der Waals surface area contributed by atoms with E-state index in [4.69, 9.17) is 0 Å². The van der Waals surface area contributed by atoms with E-state index in [0.717, 1.165) is 5.56 Å². The van der Waals surface area contributed by atoms with Gasteiger partial charge in [0.2, 0.25) is 0 Å². The van der Waals surface area contributed by atoms with Crippen LogP contribution in [0.3, 0.4) is 0 Å². The molecule has 1 N–H and O–H groups in total. The highest BCUT2D eigenvalue weighted by Gasteiger charge is 2.06. The zero-order valence-electron chi connectivity index (χ0n) is 10.1. The number of aromatic nitrogens is 1. The van der Waals surface area contributed by atoms with Crippen LogP contribution in [0.4, 0.5) is 0 Å². The number of rotatable bonds is 4. The van der Waals surface area contributed by atoms with Crippen LogP contribution in [0.2, 0.25) is 0 Å². The normalized spacial score (nSPS) is 10.8. The first-order valence-corrected chi connectivity index (χ1v) is 5.73. The summed E-state index contributed by atoms with van der Waals surface area (Å²) in [5, 5.41) is 2.56. The fourth-order valence-corrected chi connectivity index (χ4v) is 1.53. The lowest BCUT2D eigenvalue weighted by molar-refractivity contribution is -0.105. The maximum absolute atomic E-state index is 11.9. The topological polar surface area (TPSA) is 59.1 Å². The highest BCUT2D eigenvalue weighted by molar-refractivity contribution is 5.99. The van der Waals surface area contributed by atoms with Crippen LogP contribution in [-0.2, 0) is 4.79 Å². The van der Waals surface area contributed by atoms with Crippen LogP contribution in [-0.4, -0.2) is 17.2 Å². The average Bonchev–Trinajstić information content (AvgIpc) is 2.48. The molecule has 2 aromatic rings. The zero-order valence-corrected chi connectivity index (χ0v) is 10.1. The van der Waals surface area contributed by atoms with Crippen molar-refractivity contribution < 1.29 is 9.59 Å². The number of nitrogens with one attached hydrogen (secondary N) is 1. The van der Waals surface area contributed by atoms with Crippen LogP contribution in [0.1, 0.15) is 15.9 Å². The molecule has 0 saturated heterocycles. The summed E-state index contributed by atoms with van der Waals surface area (Å²) in [6, 6.07) is 12.5. The van der Waals surface area contributed by atoms with Gasteiger partial charge in [0.15, 0.2) is 6.29 Å². The monoisotopic (exact) mass is 252 g/mol. The van der Waals surface area contributed by atoms with Crippen LogP contribution in [0.15, 0.2) is 60.6 Å². The molecular formula is C15H12N2O2. The Hall–Kier alpha value is -2.75. The molecule has 0 bridgehead atoms. The lowest BCUT2D eigenvalue weighted by Crippen LogP contribution is -2.23. The Kier molecular flexibility index (Phi) is 4.18. The standard InChI is InChI=1S/C15H12N2O2/c18-11-14(10-12-4-2-1-3-5-12)17-15(19)13-6-8-16-9-7-13/h1-11H,(H,17,19). The molecule has 0 atom stereocenters. The molecule has 4 heteroatoms. The van der Waals surface area contributed by atoms with Crippen molar-refractivity contribution in [1.29, 1.82) is 0 Å². The minimum Gasteiger partial charge on any atom is -0.319 e. The summed E-state index contributed by atoms with van der Waals surface area (Å²) < 4.78 is 0. The van der Waals surface area contributed by atoms with Crippen molar-refractivity contribution in [1.82, 2.24) is 10.3 Å². The van der Waals surface area contributed by atoms with Gasteiger partial charge in [-0.1, -0.05) is 30.3 Å². The van der Waals surface area contributed by atoms with Gasteiger partial charge in [-0.05, 0) is 23.8 Å². The van der Waals surface area contributed by atoms with Gasteiger partial charge in [0, 0.05) is 18.0 Å². The zero-order chi connectivity index (χ0) is 13.5. The maximum Gasteiger partial charge on any atom is 0.255 e. The number of carbonyl (C=O) groups is 2. The molecule has 94 valence electrons. The minimum absolute atomic E-state index is 0.216.